The second kappa shape index (κ2) is 4.59. The Balaban J connectivity index is 3.73. The molecular weight excluding hydrogens is 136 g/mol. The molecule has 0 aromatic heterocycles. The van der Waals surface area contributed by atoms with Crippen molar-refractivity contribution < 1.29 is 15.3 Å². The van der Waals surface area contributed by atoms with Crippen LogP contribution in [0.1, 0.15) is 6.92 Å². The Kier molecular flexibility index (Phi) is 4.50. The van der Waals surface area contributed by atoms with Gasteiger partial charge in [-0.05, 0) is 14.0 Å². The van der Waals surface area contributed by atoms with Crippen LogP contribution in [0.2, 0.25) is 0 Å². The molecule has 62 valence electrons. The standard InChI is InChI=1S/C5H14N2O3/c1-3(8)4(5(9)10)7-6-2/h3-10H,1-2H3. The molecule has 5 nitrogen and oxygen atoms in total. The zero-order valence-corrected chi connectivity index (χ0v) is 6.07. The molecule has 0 rings (SSSR count). The molecule has 0 amide bonds. The monoisotopic (exact) mass is 150 g/mol. The number of hydrogen-bond acceptors (Lipinski definition) is 5. The average Bonchev–Trinajstić information content (AvgIpc) is 1.81. The molecule has 10 heavy (non-hydrogen) atoms. The summed E-state index contributed by atoms with van der Waals surface area (Å²) in [5.74, 6) is 0. The molecule has 2 unspecified atom stereocenters. The van der Waals surface area contributed by atoms with E-state index in [1.54, 1.807) is 7.05 Å². The number of hydrogen-bond donors (Lipinski definition) is 5. The summed E-state index contributed by atoms with van der Waals surface area (Å²) in [4.78, 5) is 0. The van der Waals surface area contributed by atoms with Gasteiger partial charge in [0.25, 0.3) is 0 Å². The summed E-state index contributed by atoms with van der Waals surface area (Å²) < 4.78 is 0. The lowest BCUT2D eigenvalue weighted by Crippen LogP contribution is -2.51. The van der Waals surface area contributed by atoms with Crippen LogP contribution in [0.4, 0.5) is 0 Å². The summed E-state index contributed by atoms with van der Waals surface area (Å²) in [6, 6.07) is -0.759. The summed E-state index contributed by atoms with van der Waals surface area (Å²) in [7, 11) is 1.58. The van der Waals surface area contributed by atoms with Crippen LogP contribution >= 0.6 is 0 Å². The summed E-state index contributed by atoms with van der Waals surface area (Å²) in [5.41, 5.74) is 4.98. The number of nitrogens with one attached hydrogen (secondary N) is 2. The fourth-order valence-electron chi connectivity index (χ4n) is 0.611. The fourth-order valence-corrected chi connectivity index (χ4v) is 0.611. The molecule has 0 heterocycles. The molecule has 0 saturated carbocycles. The van der Waals surface area contributed by atoms with Crippen molar-refractivity contribution in [3.63, 3.8) is 0 Å². The van der Waals surface area contributed by atoms with Gasteiger partial charge >= 0.3 is 0 Å². The van der Waals surface area contributed by atoms with Gasteiger partial charge in [-0.25, -0.2) is 5.43 Å². The molecule has 0 radical (unpaired) electrons. The maximum Gasteiger partial charge on any atom is 0.170 e. The Morgan fingerprint density at radius 1 is 1.20 bits per heavy atom. The molecule has 0 saturated heterocycles. The van der Waals surface area contributed by atoms with E-state index in [9.17, 15) is 0 Å². The lowest BCUT2D eigenvalue weighted by Gasteiger charge is -2.21. The van der Waals surface area contributed by atoms with Crippen molar-refractivity contribution in [1.29, 1.82) is 0 Å². The number of rotatable bonds is 4. The van der Waals surface area contributed by atoms with Gasteiger partial charge in [-0.2, -0.15) is 0 Å². The highest BCUT2D eigenvalue weighted by atomic mass is 16.5. The van der Waals surface area contributed by atoms with Gasteiger partial charge in [0, 0.05) is 0 Å². The summed E-state index contributed by atoms with van der Waals surface area (Å²) >= 11 is 0. The number of aliphatic hydroxyl groups excluding tert-OH is 2. The molecule has 0 aliphatic heterocycles. The van der Waals surface area contributed by atoms with Crippen molar-refractivity contribution in [2.45, 2.75) is 25.4 Å². The highest BCUT2D eigenvalue weighted by Crippen LogP contribution is 1.94. The molecule has 0 fully saturated rings. The summed E-state index contributed by atoms with van der Waals surface area (Å²) in [5, 5.41) is 26.1. The van der Waals surface area contributed by atoms with Crippen molar-refractivity contribution in [3.05, 3.63) is 0 Å². The third kappa shape index (κ3) is 3.09. The molecule has 0 spiro atoms. The van der Waals surface area contributed by atoms with Crippen LogP contribution in [0.5, 0.6) is 0 Å². The van der Waals surface area contributed by atoms with Crippen LogP contribution < -0.4 is 10.9 Å². The van der Waals surface area contributed by atoms with E-state index in [2.05, 4.69) is 10.9 Å². The third-order valence-electron chi connectivity index (χ3n) is 1.15. The molecule has 2 atom stereocenters. The van der Waals surface area contributed by atoms with Crippen LogP contribution in [-0.4, -0.2) is 40.8 Å². The molecule has 0 aromatic rings. The zero-order chi connectivity index (χ0) is 8.15. The van der Waals surface area contributed by atoms with Crippen LogP contribution in [0.25, 0.3) is 0 Å². The van der Waals surface area contributed by atoms with E-state index < -0.39 is 18.4 Å². The van der Waals surface area contributed by atoms with Crippen molar-refractivity contribution in [3.8, 4) is 0 Å². The Morgan fingerprint density at radius 3 is 1.80 bits per heavy atom. The van der Waals surface area contributed by atoms with Gasteiger partial charge in [0.2, 0.25) is 0 Å². The SMILES string of the molecule is CNNC(C(C)O)C(O)O. The van der Waals surface area contributed by atoms with Crippen molar-refractivity contribution in [2.24, 2.45) is 0 Å². The molecule has 0 aliphatic rings. The first-order chi connectivity index (χ1) is 4.59. The normalized spacial score (nSPS) is 17.4. The molecule has 5 N–H and O–H groups in total. The Hall–Kier alpha value is -0.200. The van der Waals surface area contributed by atoms with Gasteiger partial charge in [0.15, 0.2) is 6.29 Å². The van der Waals surface area contributed by atoms with Crippen LogP contribution in [0.15, 0.2) is 0 Å². The topological polar surface area (TPSA) is 84.8 Å². The first-order valence-electron chi connectivity index (χ1n) is 3.06. The minimum Gasteiger partial charge on any atom is -0.392 e. The van der Waals surface area contributed by atoms with E-state index >= 15 is 0 Å². The van der Waals surface area contributed by atoms with E-state index in [-0.39, 0.29) is 0 Å². The quantitative estimate of drug-likeness (QED) is 0.231. The van der Waals surface area contributed by atoms with Crippen molar-refractivity contribution in [2.75, 3.05) is 7.05 Å². The predicted molar refractivity (Wildman–Crippen MR) is 35.9 cm³/mol. The van der Waals surface area contributed by atoms with E-state index in [0.717, 1.165) is 0 Å². The maximum atomic E-state index is 8.89. The molecule has 0 bridgehead atoms. The minimum atomic E-state index is -1.56. The molecule has 0 aliphatic carbocycles. The highest BCUT2D eigenvalue weighted by molar-refractivity contribution is 4.71. The van der Waals surface area contributed by atoms with Crippen LogP contribution in [0, 0.1) is 0 Å². The van der Waals surface area contributed by atoms with E-state index in [1.165, 1.54) is 6.92 Å². The largest absolute Gasteiger partial charge is 0.392 e. The Bertz CT molecular complexity index is 79.0. The molecular formula is C5H14N2O3. The lowest BCUT2D eigenvalue weighted by atomic mass is 10.2. The Labute approximate surface area is 59.7 Å². The van der Waals surface area contributed by atoms with Gasteiger partial charge < -0.3 is 15.3 Å². The van der Waals surface area contributed by atoms with E-state index in [4.69, 9.17) is 15.3 Å². The number of aliphatic hydroxyl groups is 3. The average molecular weight is 150 g/mol. The van der Waals surface area contributed by atoms with Gasteiger partial charge in [0.05, 0.1) is 12.1 Å². The molecule has 0 aromatic carbocycles. The van der Waals surface area contributed by atoms with Crippen molar-refractivity contribution in [1.82, 2.24) is 10.9 Å². The first-order valence-corrected chi connectivity index (χ1v) is 3.06. The number of hydrazine groups is 1. The second-order valence-corrected chi connectivity index (χ2v) is 2.07. The lowest BCUT2D eigenvalue weighted by molar-refractivity contribution is -0.0961. The van der Waals surface area contributed by atoms with Gasteiger partial charge in [-0.1, -0.05) is 0 Å². The fraction of sp³-hybridized carbons (Fsp3) is 1.00. The summed E-state index contributed by atoms with van der Waals surface area (Å²) in [6.07, 6.45) is -2.38. The van der Waals surface area contributed by atoms with Gasteiger partial charge in [0.1, 0.15) is 0 Å². The molecule has 5 heteroatoms. The third-order valence-corrected chi connectivity index (χ3v) is 1.15. The van der Waals surface area contributed by atoms with Crippen molar-refractivity contribution >= 4 is 0 Å². The summed E-state index contributed by atoms with van der Waals surface area (Å²) in [6.45, 7) is 1.47. The first kappa shape index (κ1) is 9.80. The van der Waals surface area contributed by atoms with Crippen LogP contribution in [-0.2, 0) is 0 Å². The smallest absolute Gasteiger partial charge is 0.170 e. The minimum absolute atomic E-state index is 0.759. The Morgan fingerprint density at radius 2 is 1.70 bits per heavy atom. The van der Waals surface area contributed by atoms with E-state index in [0.29, 0.717) is 0 Å². The maximum absolute atomic E-state index is 8.89. The van der Waals surface area contributed by atoms with E-state index in [1.807, 2.05) is 0 Å². The predicted octanol–water partition coefficient (Wildman–Crippen LogP) is -2.23. The highest BCUT2D eigenvalue weighted by Gasteiger charge is 2.20. The van der Waals surface area contributed by atoms with Crippen LogP contribution in [0.3, 0.4) is 0 Å². The van der Waals surface area contributed by atoms with Gasteiger partial charge in [-0.3, -0.25) is 5.43 Å². The van der Waals surface area contributed by atoms with Gasteiger partial charge in [-0.15, -0.1) is 0 Å². The second-order valence-electron chi connectivity index (χ2n) is 2.07. The zero-order valence-electron chi connectivity index (χ0n) is 6.07.